The lowest BCUT2D eigenvalue weighted by molar-refractivity contribution is -0.144. The molecule has 0 aromatic heterocycles. The zero-order valence-corrected chi connectivity index (χ0v) is 13.5. The van der Waals surface area contributed by atoms with Crippen LogP contribution in [0.1, 0.15) is 30.9 Å². The standard InChI is InChI=1S/C16H21ClN2O2/c1-10-5-4-6-19(9-10)16(21)15(20)18-14-12(3)7-11(2)8-13(14)17/h7-8,10H,4-6,9H2,1-3H3,(H,18,20). The highest BCUT2D eigenvalue weighted by molar-refractivity contribution is 6.41. The summed E-state index contributed by atoms with van der Waals surface area (Å²) in [6, 6.07) is 3.70. The van der Waals surface area contributed by atoms with Gasteiger partial charge in [0.25, 0.3) is 0 Å². The molecule has 1 aromatic carbocycles. The lowest BCUT2D eigenvalue weighted by atomic mass is 10.0. The van der Waals surface area contributed by atoms with Crippen molar-refractivity contribution in [1.82, 2.24) is 4.90 Å². The van der Waals surface area contributed by atoms with E-state index < -0.39 is 11.8 Å². The maximum Gasteiger partial charge on any atom is 0.313 e. The first-order valence-corrected chi connectivity index (χ1v) is 7.63. The van der Waals surface area contributed by atoms with Gasteiger partial charge in [-0.1, -0.05) is 24.6 Å². The number of hydrogen-bond acceptors (Lipinski definition) is 2. The minimum atomic E-state index is -0.613. The minimum absolute atomic E-state index is 0.445. The van der Waals surface area contributed by atoms with Gasteiger partial charge in [-0.05, 0) is 49.8 Å². The Morgan fingerprint density at radius 3 is 2.67 bits per heavy atom. The molecular formula is C16H21ClN2O2. The normalized spacial score (nSPS) is 18.5. The van der Waals surface area contributed by atoms with E-state index in [9.17, 15) is 9.59 Å². The molecule has 1 aliphatic heterocycles. The van der Waals surface area contributed by atoms with Crippen molar-refractivity contribution in [1.29, 1.82) is 0 Å². The van der Waals surface area contributed by atoms with Crippen LogP contribution in [0.2, 0.25) is 5.02 Å². The molecular weight excluding hydrogens is 288 g/mol. The van der Waals surface area contributed by atoms with Gasteiger partial charge in [0.15, 0.2) is 0 Å². The third-order valence-electron chi connectivity index (χ3n) is 3.81. The van der Waals surface area contributed by atoms with Crippen molar-refractivity contribution in [3.05, 3.63) is 28.3 Å². The second-order valence-corrected chi connectivity index (χ2v) is 6.30. The Hall–Kier alpha value is -1.55. The summed E-state index contributed by atoms with van der Waals surface area (Å²) in [5.74, 6) is -0.643. The van der Waals surface area contributed by atoms with Crippen LogP contribution in [0.25, 0.3) is 0 Å². The Labute approximate surface area is 130 Å². The molecule has 0 bridgehead atoms. The number of piperidine rings is 1. The summed E-state index contributed by atoms with van der Waals surface area (Å²) in [7, 11) is 0. The summed E-state index contributed by atoms with van der Waals surface area (Å²) in [5, 5.41) is 3.11. The fourth-order valence-electron chi connectivity index (χ4n) is 2.76. The molecule has 0 spiro atoms. The third kappa shape index (κ3) is 3.76. The SMILES string of the molecule is Cc1cc(C)c(NC(=O)C(=O)N2CCCC(C)C2)c(Cl)c1. The smallest absolute Gasteiger partial charge is 0.313 e. The number of benzene rings is 1. The summed E-state index contributed by atoms with van der Waals surface area (Å²) in [5.41, 5.74) is 2.39. The molecule has 1 unspecified atom stereocenters. The fourth-order valence-corrected chi connectivity index (χ4v) is 3.13. The fraction of sp³-hybridized carbons (Fsp3) is 0.500. The molecule has 1 aromatic rings. The van der Waals surface area contributed by atoms with Crippen molar-refractivity contribution in [2.45, 2.75) is 33.6 Å². The highest BCUT2D eigenvalue weighted by atomic mass is 35.5. The lowest BCUT2D eigenvalue weighted by Crippen LogP contribution is -2.44. The Morgan fingerprint density at radius 1 is 1.33 bits per heavy atom. The van der Waals surface area contributed by atoms with Crippen LogP contribution in [0.5, 0.6) is 0 Å². The van der Waals surface area contributed by atoms with Crippen LogP contribution >= 0.6 is 11.6 Å². The van der Waals surface area contributed by atoms with Gasteiger partial charge in [0.1, 0.15) is 0 Å². The van der Waals surface area contributed by atoms with Crippen LogP contribution < -0.4 is 5.32 Å². The quantitative estimate of drug-likeness (QED) is 0.810. The number of likely N-dealkylation sites (tertiary alicyclic amines) is 1. The molecule has 1 saturated heterocycles. The van der Waals surface area contributed by atoms with E-state index >= 15 is 0 Å². The van der Waals surface area contributed by atoms with Gasteiger partial charge in [0, 0.05) is 13.1 Å². The molecule has 5 heteroatoms. The molecule has 1 fully saturated rings. The number of amides is 2. The van der Waals surface area contributed by atoms with Gasteiger partial charge in [-0.3, -0.25) is 9.59 Å². The van der Waals surface area contributed by atoms with Crippen LogP contribution in [0.15, 0.2) is 12.1 Å². The second-order valence-electron chi connectivity index (χ2n) is 5.89. The number of nitrogens with one attached hydrogen (secondary N) is 1. The Bertz CT molecular complexity index is 548. The third-order valence-corrected chi connectivity index (χ3v) is 4.11. The summed E-state index contributed by atoms with van der Waals surface area (Å²) < 4.78 is 0. The van der Waals surface area contributed by atoms with E-state index in [1.165, 1.54) is 0 Å². The van der Waals surface area contributed by atoms with Gasteiger partial charge in [0.05, 0.1) is 10.7 Å². The molecule has 21 heavy (non-hydrogen) atoms. The number of nitrogens with zero attached hydrogens (tertiary/aromatic N) is 1. The number of halogens is 1. The zero-order chi connectivity index (χ0) is 15.6. The average molecular weight is 309 g/mol. The van der Waals surface area contributed by atoms with Crippen LogP contribution in [0.4, 0.5) is 5.69 Å². The summed E-state index contributed by atoms with van der Waals surface area (Å²) in [6.07, 6.45) is 2.05. The highest BCUT2D eigenvalue weighted by Gasteiger charge is 2.26. The molecule has 0 aliphatic carbocycles. The van der Waals surface area contributed by atoms with Crippen molar-refractivity contribution in [2.24, 2.45) is 5.92 Å². The van der Waals surface area contributed by atoms with E-state index in [1.807, 2.05) is 19.9 Å². The summed E-state index contributed by atoms with van der Waals surface area (Å²) in [4.78, 5) is 26.0. The largest absolute Gasteiger partial charge is 0.334 e. The molecule has 1 atom stereocenters. The van der Waals surface area contributed by atoms with E-state index in [1.54, 1.807) is 11.0 Å². The molecule has 2 amide bonds. The molecule has 4 nitrogen and oxygen atoms in total. The summed E-state index contributed by atoms with van der Waals surface area (Å²) in [6.45, 7) is 7.19. The Kier molecular flexibility index (Phi) is 4.88. The first kappa shape index (κ1) is 15.8. The van der Waals surface area contributed by atoms with Gasteiger partial charge in [-0.15, -0.1) is 0 Å². The number of rotatable bonds is 1. The highest BCUT2D eigenvalue weighted by Crippen LogP contribution is 2.27. The first-order valence-electron chi connectivity index (χ1n) is 7.25. The van der Waals surface area contributed by atoms with E-state index in [4.69, 9.17) is 11.6 Å². The average Bonchev–Trinajstić information content (AvgIpc) is 2.41. The van der Waals surface area contributed by atoms with Crippen molar-refractivity contribution in [2.75, 3.05) is 18.4 Å². The van der Waals surface area contributed by atoms with Gasteiger partial charge in [-0.2, -0.15) is 0 Å². The second kappa shape index (κ2) is 6.48. The number of hydrogen-bond donors (Lipinski definition) is 1. The van der Waals surface area contributed by atoms with Crippen molar-refractivity contribution in [3.8, 4) is 0 Å². The van der Waals surface area contributed by atoms with Gasteiger partial charge < -0.3 is 10.2 Å². The molecule has 1 aliphatic rings. The number of aryl methyl sites for hydroxylation is 2. The van der Waals surface area contributed by atoms with E-state index in [2.05, 4.69) is 12.2 Å². The summed E-state index contributed by atoms with van der Waals surface area (Å²) >= 11 is 6.15. The zero-order valence-electron chi connectivity index (χ0n) is 12.7. The number of anilines is 1. The number of carbonyl (C=O) groups is 2. The molecule has 1 N–H and O–H groups in total. The minimum Gasteiger partial charge on any atom is -0.334 e. The van der Waals surface area contributed by atoms with Gasteiger partial charge in [-0.25, -0.2) is 0 Å². The van der Waals surface area contributed by atoms with Crippen LogP contribution in [0.3, 0.4) is 0 Å². The monoisotopic (exact) mass is 308 g/mol. The molecule has 1 heterocycles. The topological polar surface area (TPSA) is 49.4 Å². The van der Waals surface area contributed by atoms with Gasteiger partial charge in [0.2, 0.25) is 0 Å². The van der Waals surface area contributed by atoms with Crippen LogP contribution in [-0.2, 0) is 9.59 Å². The van der Waals surface area contributed by atoms with Crippen molar-refractivity contribution >= 4 is 29.1 Å². The number of carbonyl (C=O) groups excluding carboxylic acids is 2. The molecule has 0 saturated carbocycles. The Balaban J connectivity index is 2.09. The Morgan fingerprint density at radius 2 is 2.05 bits per heavy atom. The van der Waals surface area contributed by atoms with Crippen molar-refractivity contribution in [3.63, 3.8) is 0 Å². The molecule has 0 radical (unpaired) electrons. The van der Waals surface area contributed by atoms with Crippen LogP contribution in [-0.4, -0.2) is 29.8 Å². The predicted molar refractivity (Wildman–Crippen MR) is 84.5 cm³/mol. The van der Waals surface area contributed by atoms with E-state index in [-0.39, 0.29) is 0 Å². The van der Waals surface area contributed by atoms with E-state index in [0.717, 1.165) is 24.0 Å². The maximum absolute atomic E-state index is 12.2. The first-order chi connectivity index (χ1) is 9.88. The molecule has 114 valence electrons. The maximum atomic E-state index is 12.2. The van der Waals surface area contributed by atoms with Crippen LogP contribution in [0, 0.1) is 19.8 Å². The predicted octanol–water partition coefficient (Wildman–Crippen LogP) is 3.15. The van der Waals surface area contributed by atoms with E-state index in [0.29, 0.717) is 29.7 Å². The van der Waals surface area contributed by atoms with Crippen molar-refractivity contribution < 1.29 is 9.59 Å². The molecule has 2 rings (SSSR count). The lowest BCUT2D eigenvalue weighted by Gasteiger charge is -2.30. The van der Waals surface area contributed by atoms with Gasteiger partial charge >= 0.3 is 11.8 Å².